The van der Waals surface area contributed by atoms with Crippen LogP contribution in [0.2, 0.25) is 0 Å². The molecular formula is C16H21NO3S. The van der Waals surface area contributed by atoms with Gasteiger partial charge in [0.1, 0.15) is 0 Å². The number of carbonyl (C=O) groups excluding carboxylic acids is 1. The zero-order valence-electron chi connectivity index (χ0n) is 12.2. The van der Waals surface area contributed by atoms with Crippen LogP contribution in [0.15, 0.2) is 29.2 Å². The molecule has 2 fully saturated rings. The van der Waals surface area contributed by atoms with Crippen molar-refractivity contribution in [2.75, 3.05) is 12.8 Å². The first-order chi connectivity index (χ1) is 9.93. The number of hydrogen-bond acceptors (Lipinski definition) is 3. The molecule has 0 unspecified atom stereocenters. The molecule has 4 nitrogen and oxygen atoms in total. The van der Waals surface area contributed by atoms with Gasteiger partial charge in [0.05, 0.1) is 4.90 Å². The molecule has 1 amide bonds. The van der Waals surface area contributed by atoms with Crippen LogP contribution in [0.25, 0.3) is 0 Å². The molecule has 2 saturated carbocycles. The Bertz CT molecular complexity index is 636. The fraction of sp³-hybridized carbons (Fsp3) is 0.562. The van der Waals surface area contributed by atoms with E-state index >= 15 is 0 Å². The van der Waals surface area contributed by atoms with Gasteiger partial charge in [0.25, 0.3) is 5.91 Å². The van der Waals surface area contributed by atoms with E-state index in [1.807, 2.05) is 0 Å². The molecule has 21 heavy (non-hydrogen) atoms. The van der Waals surface area contributed by atoms with Gasteiger partial charge in [0.2, 0.25) is 0 Å². The fourth-order valence-electron chi connectivity index (χ4n) is 3.81. The zero-order chi connectivity index (χ0) is 15.0. The molecular weight excluding hydrogens is 286 g/mol. The molecule has 114 valence electrons. The lowest BCUT2D eigenvalue weighted by molar-refractivity contribution is 0.0941. The third-order valence-electron chi connectivity index (χ3n) is 4.95. The van der Waals surface area contributed by atoms with E-state index in [1.165, 1.54) is 37.8 Å². The number of nitrogens with one attached hydrogen (secondary N) is 1. The van der Waals surface area contributed by atoms with Gasteiger partial charge in [-0.15, -0.1) is 0 Å². The highest BCUT2D eigenvalue weighted by Crippen LogP contribution is 2.47. The molecule has 2 aliphatic carbocycles. The van der Waals surface area contributed by atoms with Crippen LogP contribution in [-0.2, 0) is 9.84 Å². The van der Waals surface area contributed by atoms with E-state index in [-0.39, 0.29) is 10.8 Å². The largest absolute Gasteiger partial charge is 0.352 e. The van der Waals surface area contributed by atoms with E-state index in [1.54, 1.807) is 12.1 Å². The molecule has 1 aromatic rings. The minimum atomic E-state index is -3.21. The van der Waals surface area contributed by atoms with E-state index in [2.05, 4.69) is 5.32 Å². The highest BCUT2D eigenvalue weighted by molar-refractivity contribution is 7.90. The summed E-state index contributed by atoms with van der Waals surface area (Å²) in [5.74, 6) is 2.19. The molecule has 2 bridgehead atoms. The molecule has 0 radical (unpaired) electrons. The summed E-state index contributed by atoms with van der Waals surface area (Å²) < 4.78 is 22.8. The highest BCUT2D eigenvalue weighted by Gasteiger charge is 2.39. The van der Waals surface area contributed by atoms with Crippen molar-refractivity contribution in [2.24, 2.45) is 17.8 Å². The van der Waals surface area contributed by atoms with Gasteiger partial charge >= 0.3 is 0 Å². The second kappa shape index (κ2) is 5.44. The third kappa shape index (κ3) is 3.12. The lowest BCUT2D eigenvalue weighted by Crippen LogP contribution is -2.31. The molecule has 0 aliphatic heterocycles. The lowest BCUT2D eigenvalue weighted by Gasteiger charge is -2.21. The van der Waals surface area contributed by atoms with Crippen LogP contribution in [0.3, 0.4) is 0 Å². The van der Waals surface area contributed by atoms with Gasteiger partial charge in [-0.05, 0) is 61.3 Å². The molecule has 1 aromatic carbocycles. The van der Waals surface area contributed by atoms with Crippen molar-refractivity contribution in [3.63, 3.8) is 0 Å². The Labute approximate surface area is 125 Å². The Kier molecular flexibility index (Phi) is 3.78. The normalized spacial score (nSPS) is 27.8. The smallest absolute Gasteiger partial charge is 0.251 e. The van der Waals surface area contributed by atoms with Crippen molar-refractivity contribution in [3.05, 3.63) is 29.8 Å². The Morgan fingerprint density at radius 1 is 1.19 bits per heavy atom. The molecule has 2 aliphatic rings. The number of amides is 1. The number of sulfone groups is 1. The van der Waals surface area contributed by atoms with Crippen molar-refractivity contribution in [2.45, 2.75) is 30.6 Å². The summed E-state index contributed by atoms with van der Waals surface area (Å²) >= 11 is 0. The van der Waals surface area contributed by atoms with Gasteiger partial charge in [-0.2, -0.15) is 0 Å². The topological polar surface area (TPSA) is 63.2 Å². The van der Waals surface area contributed by atoms with Crippen LogP contribution in [0, 0.1) is 17.8 Å². The highest BCUT2D eigenvalue weighted by atomic mass is 32.2. The van der Waals surface area contributed by atoms with Gasteiger partial charge in [-0.1, -0.05) is 6.42 Å². The van der Waals surface area contributed by atoms with Crippen molar-refractivity contribution in [1.82, 2.24) is 5.32 Å². The number of rotatable bonds is 4. The van der Waals surface area contributed by atoms with Gasteiger partial charge in [-0.25, -0.2) is 8.42 Å². The number of benzene rings is 1. The quantitative estimate of drug-likeness (QED) is 0.928. The van der Waals surface area contributed by atoms with E-state index in [4.69, 9.17) is 0 Å². The number of hydrogen-bond donors (Lipinski definition) is 1. The van der Waals surface area contributed by atoms with Crippen LogP contribution in [0.1, 0.15) is 36.0 Å². The first-order valence-corrected chi connectivity index (χ1v) is 9.41. The maximum absolute atomic E-state index is 12.1. The van der Waals surface area contributed by atoms with E-state index in [9.17, 15) is 13.2 Å². The van der Waals surface area contributed by atoms with Crippen LogP contribution in [-0.4, -0.2) is 27.1 Å². The second-order valence-electron chi connectivity index (χ2n) is 6.44. The third-order valence-corrected chi connectivity index (χ3v) is 6.08. The van der Waals surface area contributed by atoms with Crippen molar-refractivity contribution in [1.29, 1.82) is 0 Å². The minimum absolute atomic E-state index is 0.113. The summed E-state index contributed by atoms with van der Waals surface area (Å²) in [4.78, 5) is 12.4. The second-order valence-corrected chi connectivity index (χ2v) is 8.46. The Balaban J connectivity index is 1.58. The molecule has 1 N–H and O–H groups in total. The monoisotopic (exact) mass is 307 g/mol. The predicted octanol–water partition coefficient (Wildman–Crippen LogP) is 2.26. The summed E-state index contributed by atoms with van der Waals surface area (Å²) in [5, 5.41) is 3.00. The first kappa shape index (κ1) is 14.6. The maximum atomic E-state index is 12.1. The molecule has 0 saturated heterocycles. The first-order valence-electron chi connectivity index (χ1n) is 7.52. The van der Waals surface area contributed by atoms with Crippen LogP contribution in [0.4, 0.5) is 0 Å². The Hall–Kier alpha value is -1.36. The molecule has 0 heterocycles. The van der Waals surface area contributed by atoms with Crippen LogP contribution in [0.5, 0.6) is 0 Å². The SMILES string of the molecule is CS(=O)(=O)c1ccc(C(=O)NC[C@H]2C[C@H]3CC[C@H]2C3)cc1. The molecule has 0 spiro atoms. The summed E-state index contributed by atoms with van der Waals surface area (Å²) in [7, 11) is -3.21. The minimum Gasteiger partial charge on any atom is -0.352 e. The average molecular weight is 307 g/mol. The summed E-state index contributed by atoms with van der Waals surface area (Å²) in [5.41, 5.74) is 0.519. The van der Waals surface area contributed by atoms with Gasteiger partial charge in [0.15, 0.2) is 9.84 Å². The van der Waals surface area contributed by atoms with Crippen molar-refractivity contribution < 1.29 is 13.2 Å². The molecule has 3 rings (SSSR count). The summed E-state index contributed by atoms with van der Waals surface area (Å²) in [6, 6.07) is 6.13. The number of carbonyl (C=O) groups is 1. The van der Waals surface area contributed by atoms with E-state index in [0.717, 1.165) is 24.6 Å². The Morgan fingerprint density at radius 3 is 2.43 bits per heavy atom. The maximum Gasteiger partial charge on any atom is 0.251 e. The van der Waals surface area contributed by atoms with Gasteiger partial charge in [0, 0.05) is 18.4 Å². The van der Waals surface area contributed by atoms with Crippen molar-refractivity contribution >= 4 is 15.7 Å². The lowest BCUT2D eigenvalue weighted by atomic mass is 9.89. The average Bonchev–Trinajstić information content (AvgIpc) is 3.06. The molecule has 3 atom stereocenters. The van der Waals surface area contributed by atoms with Crippen LogP contribution < -0.4 is 5.32 Å². The summed E-state index contributed by atoms with van der Waals surface area (Å²) in [6.45, 7) is 0.744. The molecule has 5 heteroatoms. The van der Waals surface area contributed by atoms with Crippen molar-refractivity contribution in [3.8, 4) is 0 Å². The number of fused-ring (bicyclic) bond motifs is 2. The predicted molar refractivity (Wildman–Crippen MR) is 80.8 cm³/mol. The standard InChI is InChI=1S/C16H21NO3S/c1-21(19,20)15-6-4-12(5-7-15)16(18)17-10-14-9-11-2-3-13(14)8-11/h4-7,11,13-14H,2-3,8-10H2,1H3,(H,17,18)/t11-,13-,14+/m0/s1. The summed E-state index contributed by atoms with van der Waals surface area (Å²) in [6.07, 6.45) is 6.43. The van der Waals surface area contributed by atoms with E-state index < -0.39 is 9.84 Å². The van der Waals surface area contributed by atoms with Gasteiger partial charge < -0.3 is 5.32 Å². The van der Waals surface area contributed by atoms with Gasteiger partial charge in [-0.3, -0.25) is 4.79 Å². The zero-order valence-corrected chi connectivity index (χ0v) is 13.0. The van der Waals surface area contributed by atoms with E-state index in [0.29, 0.717) is 11.5 Å². The molecule has 0 aromatic heterocycles. The van der Waals surface area contributed by atoms with Crippen LogP contribution >= 0.6 is 0 Å². The fourth-order valence-corrected chi connectivity index (χ4v) is 4.44. The Morgan fingerprint density at radius 2 is 1.90 bits per heavy atom.